The molecule has 0 heterocycles. The molecule has 0 aliphatic heterocycles. The largest absolute Gasteiger partial charge is 0.340 e. The van der Waals surface area contributed by atoms with Crippen LogP contribution < -0.4 is 16.6 Å². The summed E-state index contributed by atoms with van der Waals surface area (Å²) in [6.45, 7) is 0. The minimum absolute atomic E-state index is 0.122. The zero-order valence-electron chi connectivity index (χ0n) is 13.8. The molecule has 0 aromatic heterocycles. The Balaban J connectivity index is 1.60. The molecule has 0 saturated heterocycles. The third-order valence-electron chi connectivity index (χ3n) is 6.41. The van der Waals surface area contributed by atoms with Gasteiger partial charge in [0.25, 0.3) is 11.8 Å². The van der Waals surface area contributed by atoms with Gasteiger partial charge in [0.2, 0.25) is 0 Å². The highest BCUT2D eigenvalue weighted by atomic mass is 16.2. The van der Waals surface area contributed by atoms with Gasteiger partial charge in [-0.15, -0.1) is 0 Å². The van der Waals surface area contributed by atoms with Crippen LogP contribution in [0.15, 0.2) is 30.3 Å². The van der Waals surface area contributed by atoms with Crippen LogP contribution in [0.2, 0.25) is 0 Å². The molecule has 128 valence electrons. The van der Waals surface area contributed by atoms with E-state index in [-0.39, 0.29) is 17.2 Å². The molecule has 5 rings (SSSR count). The highest BCUT2D eigenvalue weighted by Gasteiger charge is 2.56. The molecule has 4 saturated carbocycles. The van der Waals surface area contributed by atoms with E-state index in [0.717, 1.165) is 19.3 Å². The van der Waals surface area contributed by atoms with Gasteiger partial charge in [-0.3, -0.25) is 15.0 Å². The molecule has 4 aliphatic carbocycles. The number of benzene rings is 1. The lowest BCUT2D eigenvalue weighted by Crippen LogP contribution is -2.62. The van der Waals surface area contributed by atoms with E-state index in [1.807, 2.05) is 18.2 Å². The van der Waals surface area contributed by atoms with Crippen molar-refractivity contribution in [3.05, 3.63) is 35.9 Å². The Morgan fingerprint density at radius 2 is 1.54 bits per heavy atom. The Kier molecular flexibility index (Phi) is 3.83. The number of hydrazine groups is 1. The summed E-state index contributed by atoms with van der Waals surface area (Å²) >= 11 is 0. The van der Waals surface area contributed by atoms with Crippen molar-refractivity contribution in [2.24, 2.45) is 29.0 Å². The zero-order chi connectivity index (χ0) is 16.7. The van der Waals surface area contributed by atoms with E-state index in [4.69, 9.17) is 5.84 Å². The number of nitrogens with two attached hydrogens (primary N) is 1. The summed E-state index contributed by atoms with van der Waals surface area (Å²) in [6, 6.07) is 8.54. The smallest absolute Gasteiger partial charge is 0.257 e. The third kappa shape index (κ3) is 2.61. The van der Waals surface area contributed by atoms with Crippen LogP contribution >= 0.6 is 0 Å². The second-order valence-electron chi connectivity index (χ2n) is 8.06. The third-order valence-corrected chi connectivity index (χ3v) is 6.41. The molecule has 5 nitrogen and oxygen atoms in total. The van der Waals surface area contributed by atoms with E-state index in [1.54, 1.807) is 12.1 Å². The molecule has 5 heteroatoms. The number of hydrogen-bond acceptors (Lipinski definition) is 3. The molecule has 0 spiro atoms. The molecule has 2 amide bonds. The van der Waals surface area contributed by atoms with Crippen LogP contribution in [-0.2, 0) is 4.79 Å². The second kappa shape index (κ2) is 5.88. The Morgan fingerprint density at radius 3 is 2.04 bits per heavy atom. The molecule has 1 aromatic carbocycles. The van der Waals surface area contributed by atoms with Gasteiger partial charge in [-0.05, 0) is 68.4 Å². The van der Waals surface area contributed by atoms with Crippen LogP contribution in [0.1, 0.15) is 48.9 Å². The number of carbonyl (C=O) groups is 2. The average Bonchev–Trinajstić information content (AvgIpc) is 2.58. The quantitative estimate of drug-likeness (QED) is 0.449. The minimum Gasteiger partial charge on any atom is -0.340 e. The van der Waals surface area contributed by atoms with Crippen LogP contribution in [0.3, 0.4) is 0 Å². The fourth-order valence-electron chi connectivity index (χ4n) is 5.92. The van der Waals surface area contributed by atoms with Gasteiger partial charge < -0.3 is 5.32 Å². The highest BCUT2D eigenvalue weighted by molar-refractivity contribution is 5.97. The first kappa shape index (κ1) is 15.6. The molecule has 0 radical (unpaired) electrons. The molecule has 1 aromatic rings. The number of rotatable bonds is 4. The number of carbonyl (C=O) groups excluding carboxylic acids is 2. The Bertz CT molecular complexity index is 608. The van der Waals surface area contributed by atoms with Crippen LogP contribution in [0.5, 0.6) is 0 Å². The molecule has 1 atom stereocenters. The van der Waals surface area contributed by atoms with Gasteiger partial charge in [-0.2, -0.15) is 0 Å². The molecule has 4 fully saturated rings. The molecule has 0 unspecified atom stereocenters. The molecular weight excluding hydrogens is 302 g/mol. The van der Waals surface area contributed by atoms with E-state index >= 15 is 0 Å². The fraction of sp³-hybridized carbons (Fsp3) is 0.579. The minimum atomic E-state index is -0.538. The van der Waals surface area contributed by atoms with Crippen molar-refractivity contribution in [3.8, 4) is 0 Å². The summed E-state index contributed by atoms with van der Waals surface area (Å²) in [5.41, 5.74) is 2.75. The van der Waals surface area contributed by atoms with Crippen molar-refractivity contribution in [2.75, 3.05) is 0 Å². The Morgan fingerprint density at radius 1 is 1.00 bits per heavy atom. The van der Waals surface area contributed by atoms with Gasteiger partial charge in [-0.25, -0.2) is 5.84 Å². The summed E-state index contributed by atoms with van der Waals surface area (Å²) in [7, 11) is 0. The molecular formula is C19H25N3O2. The average molecular weight is 327 g/mol. The van der Waals surface area contributed by atoms with Crippen molar-refractivity contribution in [1.29, 1.82) is 0 Å². The van der Waals surface area contributed by atoms with Crippen LogP contribution in [0, 0.1) is 23.2 Å². The number of nitrogens with one attached hydrogen (secondary N) is 2. The summed E-state index contributed by atoms with van der Waals surface area (Å²) in [6.07, 6.45) is 6.99. The maximum Gasteiger partial charge on any atom is 0.257 e. The molecule has 4 aliphatic rings. The Labute approximate surface area is 142 Å². The van der Waals surface area contributed by atoms with Gasteiger partial charge in [0.1, 0.15) is 6.04 Å². The highest BCUT2D eigenvalue weighted by Crippen LogP contribution is 2.61. The lowest BCUT2D eigenvalue weighted by atomic mass is 9.47. The SMILES string of the molecule is NNC(=O)[C@H](NC(=O)c1ccccc1)C12CC3CC(CC(C3)C1)C2. The second-order valence-corrected chi connectivity index (χ2v) is 8.06. The van der Waals surface area contributed by atoms with Crippen LogP contribution in [0.25, 0.3) is 0 Å². The van der Waals surface area contributed by atoms with Crippen LogP contribution in [-0.4, -0.2) is 17.9 Å². The predicted octanol–water partition coefficient (Wildman–Crippen LogP) is 1.99. The lowest BCUT2D eigenvalue weighted by Gasteiger charge is -2.58. The van der Waals surface area contributed by atoms with Gasteiger partial charge in [0.15, 0.2) is 0 Å². The van der Waals surface area contributed by atoms with Crippen molar-refractivity contribution >= 4 is 11.8 Å². The summed E-state index contributed by atoms with van der Waals surface area (Å²) in [4.78, 5) is 25.2. The maximum atomic E-state index is 12.6. The molecule has 4 bridgehead atoms. The van der Waals surface area contributed by atoms with Gasteiger partial charge in [0.05, 0.1) is 0 Å². The van der Waals surface area contributed by atoms with E-state index in [1.165, 1.54) is 19.3 Å². The number of hydrogen-bond donors (Lipinski definition) is 3. The first-order valence-corrected chi connectivity index (χ1v) is 8.96. The number of amides is 2. The summed E-state index contributed by atoms with van der Waals surface area (Å²) in [5, 5.41) is 3.01. The summed E-state index contributed by atoms with van der Waals surface area (Å²) < 4.78 is 0. The van der Waals surface area contributed by atoms with E-state index in [0.29, 0.717) is 23.3 Å². The van der Waals surface area contributed by atoms with Gasteiger partial charge in [-0.1, -0.05) is 18.2 Å². The van der Waals surface area contributed by atoms with Crippen molar-refractivity contribution in [1.82, 2.24) is 10.7 Å². The van der Waals surface area contributed by atoms with Crippen LogP contribution in [0.4, 0.5) is 0 Å². The lowest BCUT2D eigenvalue weighted by molar-refractivity contribution is -0.134. The van der Waals surface area contributed by atoms with E-state index in [9.17, 15) is 9.59 Å². The first-order valence-electron chi connectivity index (χ1n) is 8.96. The standard InChI is InChI=1S/C19H25N3O2/c20-22-18(24)16(21-17(23)15-4-2-1-3-5-15)19-9-12-6-13(10-19)8-14(7-12)11-19/h1-5,12-14,16H,6-11,20H2,(H,21,23)(H,22,24)/t12?,13?,14?,16-,19?/m0/s1. The normalized spacial score (nSPS) is 34.6. The predicted molar refractivity (Wildman–Crippen MR) is 90.6 cm³/mol. The van der Waals surface area contributed by atoms with Gasteiger partial charge in [0, 0.05) is 11.0 Å². The molecule has 4 N–H and O–H groups in total. The van der Waals surface area contributed by atoms with Gasteiger partial charge >= 0.3 is 0 Å². The first-order chi connectivity index (χ1) is 11.6. The van der Waals surface area contributed by atoms with Crippen molar-refractivity contribution in [2.45, 2.75) is 44.6 Å². The van der Waals surface area contributed by atoms with Crippen molar-refractivity contribution in [3.63, 3.8) is 0 Å². The molecule has 24 heavy (non-hydrogen) atoms. The monoisotopic (exact) mass is 327 g/mol. The van der Waals surface area contributed by atoms with E-state index < -0.39 is 6.04 Å². The zero-order valence-corrected chi connectivity index (χ0v) is 13.8. The topological polar surface area (TPSA) is 84.2 Å². The van der Waals surface area contributed by atoms with Crippen molar-refractivity contribution < 1.29 is 9.59 Å². The fourth-order valence-corrected chi connectivity index (χ4v) is 5.92. The summed E-state index contributed by atoms with van der Waals surface area (Å²) in [5.74, 6) is 7.12. The maximum absolute atomic E-state index is 12.6. The van der Waals surface area contributed by atoms with E-state index in [2.05, 4.69) is 10.7 Å². The Hall–Kier alpha value is -1.88.